The lowest BCUT2D eigenvalue weighted by Crippen LogP contribution is -2.12. The van der Waals surface area contributed by atoms with Crippen molar-refractivity contribution >= 4 is 23.0 Å². The van der Waals surface area contributed by atoms with Gasteiger partial charge in [-0.05, 0) is 12.1 Å². The van der Waals surface area contributed by atoms with E-state index in [0.29, 0.717) is 11.4 Å². The number of hydrogen-bond donors (Lipinski definition) is 1. The summed E-state index contributed by atoms with van der Waals surface area (Å²) in [5.41, 5.74) is 6.22. The third-order valence-corrected chi connectivity index (χ3v) is 1.94. The van der Waals surface area contributed by atoms with E-state index >= 15 is 0 Å². The number of nitrogens with zero attached hydrogens (tertiary/aromatic N) is 1. The lowest BCUT2D eigenvalue weighted by atomic mass is 10.2. The van der Waals surface area contributed by atoms with Crippen LogP contribution in [0.5, 0.6) is 0 Å². The Hall–Kier alpha value is -0.960. The lowest BCUT2D eigenvalue weighted by molar-refractivity contribution is 0.626. The smallest absolute Gasteiger partial charge is 0.148 e. The highest BCUT2D eigenvalue weighted by Crippen LogP contribution is 2.32. The van der Waals surface area contributed by atoms with Gasteiger partial charge in [0.25, 0.3) is 0 Å². The Balaban J connectivity index is 3.33. The first-order valence-electron chi connectivity index (χ1n) is 3.45. The van der Waals surface area contributed by atoms with Crippen molar-refractivity contribution in [3.63, 3.8) is 0 Å². The molecule has 0 bridgehead atoms. The van der Waals surface area contributed by atoms with Crippen LogP contribution in [0.15, 0.2) is 12.1 Å². The first-order chi connectivity index (χ1) is 5.54. The summed E-state index contributed by atoms with van der Waals surface area (Å²) < 4.78 is 13.1. The van der Waals surface area contributed by atoms with E-state index in [1.165, 1.54) is 12.1 Å². The van der Waals surface area contributed by atoms with Gasteiger partial charge in [-0.1, -0.05) is 11.6 Å². The molecule has 0 fully saturated rings. The SMILES string of the molecule is CN(C)c1c(F)ccc(N)c1Cl. The molecule has 1 rings (SSSR count). The minimum Gasteiger partial charge on any atom is -0.397 e. The monoisotopic (exact) mass is 188 g/mol. The first-order valence-corrected chi connectivity index (χ1v) is 3.82. The fourth-order valence-corrected chi connectivity index (χ4v) is 1.29. The van der Waals surface area contributed by atoms with Gasteiger partial charge in [-0.15, -0.1) is 0 Å². The summed E-state index contributed by atoms with van der Waals surface area (Å²) in [5.74, 6) is -0.362. The summed E-state index contributed by atoms with van der Waals surface area (Å²) in [5, 5.41) is 0.264. The number of benzene rings is 1. The maximum atomic E-state index is 13.1. The molecular weight excluding hydrogens is 179 g/mol. The Morgan fingerprint density at radius 2 is 2.00 bits per heavy atom. The van der Waals surface area contributed by atoms with Crippen LogP contribution in [0.1, 0.15) is 0 Å². The van der Waals surface area contributed by atoms with Gasteiger partial charge in [0.2, 0.25) is 0 Å². The van der Waals surface area contributed by atoms with Crippen LogP contribution in [0.3, 0.4) is 0 Å². The summed E-state index contributed by atoms with van der Waals surface area (Å²) in [6.45, 7) is 0. The van der Waals surface area contributed by atoms with Crippen molar-refractivity contribution in [2.45, 2.75) is 0 Å². The normalized spacial score (nSPS) is 10.0. The number of nitrogens with two attached hydrogens (primary N) is 1. The predicted octanol–water partition coefficient (Wildman–Crippen LogP) is 2.13. The van der Waals surface area contributed by atoms with Crippen molar-refractivity contribution in [1.29, 1.82) is 0 Å². The second-order valence-electron chi connectivity index (χ2n) is 2.69. The fourth-order valence-electron chi connectivity index (χ4n) is 0.967. The Morgan fingerprint density at radius 1 is 1.42 bits per heavy atom. The van der Waals surface area contributed by atoms with Gasteiger partial charge >= 0.3 is 0 Å². The summed E-state index contributed by atoms with van der Waals surface area (Å²) in [6.07, 6.45) is 0. The third-order valence-electron chi connectivity index (χ3n) is 1.54. The molecule has 0 aliphatic rings. The second kappa shape index (κ2) is 3.19. The molecule has 12 heavy (non-hydrogen) atoms. The van der Waals surface area contributed by atoms with Crippen molar-refractivity contribution in [3.05, 3.63) is 23.0 Å². The Kier molecular flexibility index (Phi) is 2.43. The number of rotatable bonds is 1. The van der Waals surface area contributed by atoms with Crippen molar-refractivity contribution in [3.8, 4) is 0 Å². The molecule has 0 heterocycles. The van der Waals surface area contributed by atoms with Crippen molar-refractivity contribution in [2.24, 2.45) is 0 Å². The maximum Gasteiger partial charge on any atom is 0.148 e. The lowest BCUT2D eigenvalue weighted by Gasteiger charge is -2.16. The van der Waals surface area contributed by atoms with Gasteiger partial charge < -0.3 is 10.6 Å². The number of hydrogen-bond acceptors (Lipinski definition) is 2. The quantitative estimate of drug-likeness (QED) is 0.685. The van der Waals surface area contributed by atoms with E-state index in [0.717, 1.165) is 0 Å². The van der Waals surface area contributed by atoms with Gasteiger partial charge in [-0.2, -0.15) is 0 Å². The number of anilines is 2. The fraction of sp³-hybridized carbons (Fsp3) is 0.250. The molecular formula is C8H10ClFN2. The summed E-state index contributed by atoms with van der Waals surface area (Å²) in [7, 11) is 3.42. The summed E-state index contributed by atoms with van der Waals surface area (Å²) >= 11 is 5.79. The van der Waals surface area contributed by atoms with E-state index in [4.69, 9.17) is 17.3 Å². The average Bonchev–Trinajstić information content (AvgIpc) is 1.97. The van der Waals surface area contributed by atoms with Crippen LogP contribution >= 0.6 is 11.6 Å². The standard InChI is InChI=1S/C8H10ClFN2/c1-12(2)8-5(10)3-4-6(11)7(8)9/h3-4H,11H2,1-2H3. The Labute approximate surface area is 75.7 Å². The van der Waals surface area contributed by atoms with E-state index < -0.39 is 0 Å². The maximum absolute atomic E-state index is 13.1. The molecule has 0 unspecified atom stereocenters. The Morgan fingerprint density at radius 3 is 2.42 bits per heavy atom. The Bertz CT molecular complexity index is 299. The van der Waals surface area contributed by atoms with Crippen LogP contribution in [0.25, 0.3) is 0 Å². The average molecular weight is 189 g/mol. The zero-order valence-electron chi connectivity index (χ0n) is 6.94. The molecule has 1 aromatic carbocycles. The van der Waals surface area contributed by atoms with Gasteiger partial charge in [0, 0.05) is 14.1 Å². The number of halogens is 2. The highest BCUT2D eigenvalue weighted by molar-refractivity contribution is 6.35. The van der Waals surface area contributed by atoms with Gasteiger partial charge in [0.15, 0.2) is 0 Å². The minimum absolute atomic E-state index is 0.264. The molecule has 0 spiro atoms. The van der Waals surface area contributed by atoms with Crippen LogP contribution in [0, 0.1) is 5.82 Å². The van der Waals surface area contributed by atoms with Crippen LogP contribution in [-0.2, 0) is 0 Å². The molecule has 0 aliphatic carbocycles. The van der Waals surface area contributed by atoms with E-state index in [1.807, 2.05) is 0 Å². The van der Waals surface area contributed by atoms with Crippen molar-refractivity contribution < 1.29 is 4.39 Å². The van der Waals surface area contributed by atoms with E-state index in [-0.39, 0.29) is 10.8 Å². The third kappa shape index (κ3) is 1.46. The number of nitrogen functional groups attached to an aromatic ring is 1. The van der Waals surface area contributed by atoms with Crippen LogP contribution in [0.2, 0.25) is 5.02 Å². The molecule has 0 radical (unpaired) electrons. The summed E-state index contributed by atoms with van der Waals surface area (Å²) in [4.78, 5) is 1.59. The zero-order valence-corrected chi connectivity index (χ0v) is 7.69. The van der Waals surface area contributed by atoms with E-state index in [9.17, 15) is 4.39 Å². The predicted molar refractivity (Wildman–Crippen MR) is 50.1 cm³/mol. The molecule has 2 N–H and O–H groups in total. The van der Waals surface area contributed by atoms with Crippen LogP contribution < -0.4 is 10.6 Å². The molecule has 4 heteroatoms. The van der Waals surface area contributed by atoms with Crippen molar-refractivity contribution in [2.75, 3.05) is 24.7 Å². The molecule has 0 atom stereocenters. The van der Waals surface area contributed by atoms with Gasteiger partial charge in [-0.3, -0.25) is 0 Å². The zero-order chi connectivity index (χ0) is 9.30. The highest BCUT2D eigenvalue weighted by Gasteiger charge is 2.11. The molecule has 0 aliphatic heterocycles. The topological polar surface area (TPSA) is 29.3 Å². The molecule has 66 valence electrons. The molecule has 0 saturated heterocycles. The second-order valence-corrected chi connectivity index (χ2v) is 3.07. The highest BCUT2D eigenvalue weighted by atomic mass is 35.5. The van der Waals surface area contributed by atoms with E-state index in [2.05, 4.69) is 0 Å². The molecule has 0 amide bonds. The van der Waals surface area contributed by atoms with Gasteiger partial charge in [0.1, 0.15) is 5.82 Å². The molecule has 0 aromatic heterocycles. The van der Waals surface area contributed by atoms with Crippen molar-refractivity contribution in [1.82, 2.24) is 0 Å². The minimum atomic E-state index is -0.362. The van der Waals surface area contributed by atoms with E-state index in [1.54, 1.807) is 19.0 Å². The largest absolute Gasteiger partial charge is 0.397 e. The molecule has 0 saturated carbocycles. The molecule has 2 nitrogen and oxygen atoms in total. The summed E-state index contributed by atoms with van der Waals surface area (Å²) in [6, 6.07) is 2.75. The van der Waals surface area contributed by atoms with Gasteiger partial charge in [0.05, 0.1) is 16.4 Å². The first kappa shape index (κ1) is 9.13. The van der Waals surface area contributed by atoms with Crippen LogP contribution in [-0.4, -0.2) is 14.1 Å². The van der Waals surface area contributed by atoms with Gasteiger partial charge in [-0.25, -0.2) is 4.39 Å². The molecule has 1 aromatic rings. The van der Waals surface area contributed by atoms with Crippen LogP contribution in [0.4, 0.5) is 15.8 Å².